The van der Waals surface area contributed by atoms with E-state index in [9.17, 15) is 13.6 Å². The smallest absolute Gasteiger partial charge is 0.348 e. The van der Waals surface area contributed by atoms with Crippen LogP contribution in [0.3, 0.4) is 0 Å². The fourth-order valence-corrected chi connectivity index (χ4v) is 2.07. The number of halogens is 2. The topological polar surface area (TPSA) is 46.5 Å². The minimum atomic E-state index is -1.36. The highest BCUT2D eigenvalue weighted by Gasteiger charge is 2.44. The summed E-state index contributed by atoms with van der Waals surface area (Å²) in [5.41, 5.74) is -1.36. The van der Waals surface area contributed by atoms with Crippen LogP contribution in [0.15, 0.2) is 18.2 Å². The summed E-state index contributed by atoms with van der Waals surface area (Å²) >= 11 is 0. The minimum Gasteiger partial charge on any atom is -0.478 e. The predicted molar refractivity (Wildman–Crippen MR) is 55.8 cm³/mol. The van der Waals surface area contributed by atoms with Gasteiger partial charge in [0.05, 0.1) is 0 Å². The second-order valence-electron chi connectivity index (χ2n) is 4.18. The number of carboxylic acids is 1. The average molecular weight is 242 g/mol. The zero-order chi connectivity index (χ0) is 12.5. The Kier molecular flexibility index (Phi) is 3.00. The average Bonchev–Trinajstić information content (AvgIpc) is 2.72. The van der Waals surface area contributed by atoms with Crippen molar-refractivity contribution in [2.24, 2.45) is 0 Å². The maximum Gasteiger partial charge on any atom is 0.348 e. The lowest BCUT2D eigenvalue weighted by atomic mass is 10.0. The first-order chi connectivity index (χ1) is 8.03. The first-order valence-corrected chi connectivity index (χ1v) is 5.41. The van der Waals surface area contributed by atoms with E-state index in [1.807, 2.05) is 0 Å². The molecule has 0 aromatic heterocycles. The molecule has 0 unspecified atom stereocenters. The van der Waals surface area contributed by atoms with Gasteiger partial charge in [0.1, 0.15) is 5.82 Å². The first kappa shape index (κ1) is 11.8. The van der Waals surface area contributed by atoms with E-state index in [-0.39, 0.29) is 5.75 Å². The van der Waals surface area contributed by atoms with E-state index in [4.69, 9.17) is 9.84 Å². The lowest BCUT2D eigenvalue weighted by Gasteiger charge is -2.25. The Balaban J connectivity index is 2.26. The van der Waals surface area contributed by atoms with Gasteiger partial charge in [-0.2, -0.15) is 0 Å². The summed E-state index contributed by atoms with van der Waals surface area (Å²) in [5, 5.41) is 9.15. The third-order valence-corrected chi connectivity index (χ3v) is 3.00. The number of rotatable bonds is 3. The number of aliphatic carboxylic acids is 1. The highest BCUT2D eigenvalue weighted by molar-refractivity contribution is 5.78. The van der Waals surface area contributed by atoms with Crippen LogP contribution in [0.25, 0.3) is 0 Å². The van der Waals surface area contributed by atoms with Gasteiger partial charge in [-0.15, -0.1) is 0 Å². The third kappa shape index (κ3) is 2.23. The lowest BCUT2D eigenvalue weighted by molar-refractivity contribution is -0.154. The molecule has 0 spiro atoms. The molecule has 5 heteroatoms. The molecule has 1 aromatic rings. The second-order valence-corrected chi connectivity index (χ2v) is 4.18. The fourth-order valence-electron chi connectivity index (χ4n) is 2.07. The summed E-state index contributed by atoms with van der Waals surface area (Å²) in [6.07, 6.45) is 2.16. The first-order valence-electron chi connectivity index (χ1n) is 5.41. The van der Waals surface area contributed by atoms with Gasteiger partial charge in [0.25, 0.3) is 0 Å². The van der Waals surface area contributed by atoms with Crippen LogP contribution in [-0.4, -0.2) is 16.7 Å². The van der Waals surface area contributed by atoms with Gasteiger partial charge in [0.2, 0.25) is 5.60 Å². The van der Waals surface area contributed by atoms with Gasteiger partial charge in [-0.3, -0.25) is 0 Å². The van der Waals surface area contributed by atoms with E-state index < -0.39 is 23.2 Å². The zero-order valence-electron chi connectivity index (χ0n) is 9.08. The van der Waals surface area contributed by atoms with Crippen LogP contribution >= 0.6 is 0 Å². The van der Waals surface area contributed by atoms with Crippen LogP contribution in [0.2, 0.25) is 0 Å². The summed E-state index contributed by atoms with van der Waals surface area (Å²) in [6, 6.07) is 2.84. The van der Waals surface area contributed by atoms with Crippen molar-refractivity contribution in [2.45, 2.75) is 31.3 Å². The SMILES string of the molecule is O=C(O)C1(Oc2ccc(F)cc2F)CCCC1. The highest BCUT2D eigenvalue weighted by Crippen LogP contribution is 2.35. The molecule has 1 aliphatic carbocycles. The maximum absolute atomic E-state index is 13.4. The Labute approximate surface area is 97.0 Å². The van der Waals surface area contributed by atoms with Gasteiger partial charge in [-0.05, 0) is 37.8 Å². The van der Waals surface area contributed by atoms with Gasteiger partial charge in [-0.1, -0.05) is 0 Å². The Morgan fingerprint density at radius 1 is 1.29 bits per heavy atom. The van der Waals surface area contributed by atoms with Crippen LogP contribution in [0, 0.1) is 11.6 Å². The van der Waals surface area contributed by atoms with Crippen LogP contribution in [-0.2, 0) is 4.79 Å². The Bertz CT molecular complexity index is 439. The van der Waals surface area contributed by atoms with Crippen molar-refractivity contribution in [3.63, 3.8) is 0 Å². The largest absolute Gasteiger partial charge is 0.478 e. The van der Waals surface area contributed by atoms with Crippen molar-refractivity contribution >= 4 is 5.97 Å². The van der Waals surface area contributed by atoms with Crippen molar-refractivity contribution in [1.29, 1.82) is 0 Å². The molecule has 0 atom stereocenters. The number of carbonyl (C=O) groups is 1. The molecule has 0 amide bonds. The maximum atomic E-state index is 13.4. The summed E-state index contributed by atoms with van der Waals surface area (Å²) in [6.45, 7) is 0. The van der Waals surface area contributed by atoms with Gasteiger partial charge in [0, 0.05) is 6.07 Å². The normalized spacial score (nSPS) is 18.0. The van der Waals surface area contributed by atoms with Crippen molar-refractivity contribution < 1.29 is 23.4 Å². The number of hydrogen-bond acceptors (Lipinski definition) is 2. The summed E-state index contributed by atoms with van der Waals surface area (Å²) in [5.74, 6) is -2.91. The molecule has 0 saturated heterocycles. The molecule has 3 nitrogen and oxygen atoms in total. The molecular weight excluding hydrogens is 230 g/mol. The zero-order valence-corrected chi connectivity index (χ0v) is 9.08. The molecule has 1 aliphatic rings. The van der Waals surface area contributed by atoms with E-state index in [1.165, 1.54) is 0 Å². The Morgan fingerprint density at radius 2 is 1.94 bits per heavy atom. The van der Waals surface area contributed by atoms with Crippen LogP contribution < -0.4 is 4.74 Å². The summed E-state index contributed by atoms with van der Waals surface area (Å²) in [4.78, 5) is 11.2. The number of hydrogen-bond donors (Lipinski definition) is 1. The summed E-state index contributed by atoms with van der Waals surface area (Å²) < 4.78 is 31.4. The van der Waals surface area contributed by atoms with Crippen LogP contribution in [0.4, 0.5) is 8.78 Å². The van der Waals surface area contributed by atoms with Crippen LogP contribution in [0.5, 0.6) is 5.75 Å². The molecule has 0 aliphatic heterocycles. The highest BCUT2D eigenvalue weighted by atomic mass is 19.1. The van der Waals surface area contributed by atoms with Gasteiger partial charge >= 0.3 is 5.97 Å². The van der Waals surface area contributed by atoms with Crippen LogP contribution in [0.1, 0.15) is 25.7 Å². The van der Waals surface area contributed by atoms with Gasteiger partial charge in [-0.25, -0.2) is 13.6 Å². The molecule has 17 heavy (non-hydrogen) atoms. The quantitative estimate of drug-likeness (QED) is 0.886. The standard InChI is InChI=1S/C12H12F2O3/c13-8-3-4-10(9(14)7-8)17-12(11(15)16)5-1-2-6-12/h3-4,7H,1-2,5-6H2,(H,15,16). The second kappa shape index (κ2) is 4.31. The van der Waals surface area contributed by atoms with Crippen molar-refractivity contribution in [3.05, 3.63) is 29.8 Å². The molecule has 1 saturated carbocycles. The van der Waals surface area contributed by atoms with E-state index in [0.29, 0.717) is 18.9 Å². The molecule has 0 heterocycles. The number of benzene rings is 1. The third-order valence-electron chi connectivity index (χ3n) is 3.00. The fraction of sp³-hybridized carbons (Fsp3) is 0.417. The molecule has 1 N–H and O–H groups in total. The van der Waals surface area contributed by atoms with Gasteiger partial charge < -0.3 is 9.84 Å². The van der Waals surface area contributed by atoms with Crippen molar-refractivity contribution in [2.75, 3.05) is 0 Å². The molecule has 1 fully saturated rings. The van der Waals surface area contributed by atoms with Crippen molar-refractivity contribution in [1.82, 2.24) is 0 Å². The number of ether oxygens (including phenoxy) is 1. The monoisotopic (exact) mass is 242 g/mol. The predicted octanol–water partition coefficient (Wildman–Crippen LogP) is 2.74. The Hall–Kier alpha value is -1.65. The molecular formula is C12H12F2O3. The van der Waals surface area contributed by atoms with E-state index in [0.717, 1.165) is 25.0 Å². The Morgan fingerprint density at radius 3 is 2.47 bits per heavy atom. The molecule has 0 bridgehead atoms. The molecule has 2 rings (SSSR count). The van der Waals surface area contributed by atoms with Gasteiger partial charge in [0.15, 0.2) is 11.6 Å². The molecule has 1 aromatic carbocycles. The molecule has 0 radical (unpaired) electrons. The number of carboxylic acid groups (broad SMARTS) is 1. The molecule has 92 valence electrons. The summed E-state index contributed by atoms with van der Waals surface area (Å²) in [7, 11) is 0. The van der Waals surface area contributed by atoms with E-state index in [1.54, 1.807) is 0 Å². The van der Waals surface area contributed by atoms with E-state index in [2.05, 4.69) is 0 Å². The lowest BCUT2D eigenvalue weighted by Crippen LogP contribution is -2.41. The minimum absolute atomic E-state index is 0.212. The van der Waals surface area contributed by atoms with E-state index >= 15 is 0 Å². The van der Waals surface area contributed by atoms with Crippen molar-refractivity contribution in [3.8, 4) is 5.75 Å².